The van der Waals surface area contributed by atoms with Gasteiger partial charge < -0.3 is 9.47 Å². The fourth-order valence-electron chi connectivity index (χ4n) is 2.85. The van der Waals surface area contributed by atoms with E-state index in [0.29, 0.717) is 18.1 Å². The van der Waals surface area contributed by atoms with E-state index in [2.05, 4.69) is 20.9 Å². The first kappa shape index (κ1) is 14.6. The van der Waals surface area contributed by atoms with E-state index in [1.807, 2.05) is 13.0 Å². The summed E-state index contributed by atoms with van der Waals surface area (Å²) in [5.74, 6) is 0.484. The summed E-state index contributed by atoms with van der Waals surface area (Å²) >= 11 is 3.38. The summed E-state index contributed by atoms with van der Waals surface area (Å²) in [4.78, 5) is 18.4. The van der Waals surface area contributed by atoms with Crippen LogP contribution in [0.1, 0.15) is 39.0 Å². The second kappa shape index (κ2) is 6.22. The molecule has 1 aliphatic carbocycles. The third kappa shape index (κ3) is 3.31. The summed E-state index contributed by atoms with van der Waals surface area (Å²) in [5, 5.41) is 0. The lowest BCUT2D eigenvalue weighted by molar-refractivity contribution is 0.0771. The molecule has 1 atom stereocenters. The molecule has 1 amide bonds. The summed E-state index contributed by atoms with van der Waals surface area (Å²) in [6, 6.07) is 1.84. The highest BCUT2D eigenvalue weighted by Crippen LogP contribution is 2.34. The highest BCUT2D eigenvalue weighted by atomic mass is 79.9. The van der Waals surface area contributed by atoms with E-state index >= 15 is 0 Å². The van der Waals surface area contributed by atoms with Crippen LogP contribution >= 0.6 is 15.9 Å². The normalized spacial score (nSPS) is 22.4. The van der Waals surface area contributed by atoms with Gasteiger partial charge in [0, 0.05) is 10.7 Å². The van der Waals surface area contributed by atoms with Gasteiger partial charge in [-0.25, -0.2) is 9.78 Å². The summed E-state index contributed by atoms with van der Waals surface area (Å²) in [5.41, 5.74) is 0.670. The summed E-state index contributed by atoms with van der Waals surface area (Å²) in [6.45, 7) is 2.41. The minimum Gasteiger partial charge on any atom is -0.471 e. The van der Waals surface area contributed by atoms with Gasteiger partial charge in [-0.3, -0.25) is 4.90 Å². The first-order valence-corrected chi connectivity index (χ1v) is 8.23. The average Bonchev–Trinajstić information content (AvgIpc) is 2.48. The molecule has 114 valence electrons. The Labute approximate surface area is 132 Å². The molecule has 2 aliphatic rings. The topological polar surface area (TPSA) is 51.7 Å². The van der Waals surface area contributed by atoms with Crippen LogP contribution in [0.4, 0.5) is 10.5 Å². The largest absolute Gasteiger partial charge is 0.471 e. The Morgan fingerprint density at radius 3 is 2.95 bits per heavy atom. The number of carbonyl (C=O) groups is 1. The molecule has 1 aromatic heterocycles. The van der Waals surface area contributed by atoms with Gasteiger partial charge in [0.25, 0.3) is 0 Å². The van der Waals surface area contributed by atoms with Crippen molar-refractivity contribution in [2.24, 2.45) is 0 Å². The third-order valence-corrected chi connectivity index (χ3v) is 4.32. The molecule has 0 bridgehead atoms. The predicted molar refractivity (Wildman–Crippen MR) is 82.7 cm³/mol. The summed E-state index contributed by atoms with van der Waals surface area (Å²) in [6.07, 6.45) is 6.78. The van der Waals surface area contributed by atoms with Crippen molar-refractivity contribution in [1.82, 2.24) is 4.98 Å². The van der Waals surface area contributed by atoms with Gasteiger partial charge in [-0.05, 0) is 54.6 Å². The smallest absolute Gasteiger partial charge is 0.414 e. The van der Waals surface area contributed by atoms with Crippen molar-refractivity contribution >= 4 is 27.7 Å². The molecule has 5 nitrogen and oxygen atoms in total. The van der Waals surface area contributed by atoms with Crippen molar-refractivity contribution in [3.05, 3.63) is 16.7 Å². The Morgan fingerprint density at radius 1 is 1.43 bits per heavy atom. The van der Waals surface area contributed by atoms with Crippen LogP contribution in [-0.2, 0) is 4.74 Å². The molecule has 0 radical (unpaired) electrons. The van der Waals surface area contributed by atoms with Crippen LogP contribution in [-0.4, -0.2) is 29.8 Å². The Morgan fingerprint density at radius 2 is 2.19 bits per heavy atom. The molecule has 1 fully saturated rings. The van der Waals surface area contributed by atoms with Crippen molar-refractivity contribution in [3.63, 3.8) is 0 Å². The second-order valence-corrected chi connectivity index (χ2v) is 6.58. The van der Waals surface area contributed by atoms with Crippen molar-refractivity contribution in [3.8, 4) is 5.88 Å². The van der Waals surface area contributed by atoms with Crippen molar-refractivity contribution in [1.29, 1.82) is 0 Å². The van der Waals surface area contributed by atoms with Crippen molar-refractivity contribution < 1.29 is 14.3 Å². The molecule has 3 rings (SSSR count). The van der Waals surface area contributed by atoms with Crippen LogP contribution in [0.3, 0.4) is 0 Å². The quantitative estimate of drug-likeness (QED) is 0.767. The first-order chi connectivity index (χ1) is 10.1. The number of nitrogens with zero attached hydrogens (tertiary/aromatic N) is 2. The molecule has 0 saturated heterocycles. The van der Waals surface area contributed by atoms with Gasteiger partial charge in [0.1, 0.15) is 17.9 Å². The highest BCUT2D eigenvalue weighted by Gasteiger charge is 2.31. The summed E-state index contributed by atoms with van der Waals surface area (Å²) in [7, 11) is 0. The van der Waals surface area contributed by atoms with Gasteiger partial charge in [0.2, 0.25) is 5.88 Å². The second-order valence-electron chi connectivity index (χ2n) is 5.66. The maximum absolute atomic E-state index is 12.5. The van der Waals surface area contributed by atoms with E-state index < -0.39 is 0 Å². The maximum atomic E-state index is 12.5. The number of hydrogen-bond acceptors (Lipinski definition) is 4. The van der Waals surface area contributed by atoms with E-state index in [1.54, 1.807) is 11.1 Å². The van der Waals surface area contributed by atoms with Gasteiger partial charge >= 0.3 is 6.09 Å². The molecular weight excluding hydrogens is 336 g/mol. The molecular formula is C15H19BrN2O3. The number of pyridine rings is 1. The van der Waals surface area contributed by atoms with Crippen molar-refractivity contribution in [2.75, 3.05) is 11.4 Å². The molecule has 2 heterocycles. The third-order valence-electron chi connectivity index (χ3n) is 3.88. The van der Waals surface area contributed by atoms with Crippen LogP contribution in [0.5, 0.6) is 5.88 Å². The number of fused-ring (bicyclic) bond motifs is 1. The zero-order valence-electron chi connectivity index (χ0n) is 12.0. The first-order valence-electron chi connectivity index (χ1n) is 7.44. The molecule has 21 heavy (non-hydrogen) atoms. The summed E-state index contributed by atoms with van der Waals surface area (Å²) < 4.78 is 12.2. The van der Waals surface area contributed by atoms with E-state index in [-0.39, 0.29) is 18.3 Å². The molecule has 0 N–H and O–H groups in total. The zero-order chi connectivity index (χ0) is 14.8. The standard InChI is InChI=1S/C15H19BrN2O3/c1-10-9-18(13-7-11(16)8-17-14(13)20-10)15(19)21-12-5-3-2-4-6-12/h7-8,10,12H,2-6,9H2,1H3. The minimum absolute atomic E-state index is 0.0490. The Bertz CT molecular complexity index is 532. The number of halogens is 1. The molecule has 1 aliphatic heterocycles. The number of aromatic nitrogens is 1. The predicted octanol–water partition coefficient (Wildman–Crippen LogP) is 3.90. The fraction of sp³-hybridized carbons (Fsp3) is 0.600. The average molecular weight is 355 g/mol. The Hall–Kier alpha value is -1.30. The van der Waals surface area contributed by atoms with Gasteiger partial charge in [0.05, 0.1) is 6.54 Å². The lowest BCUT2D eigenvalue weighted by Gasteiger charge is -2.33. The monoisotopic (exact) mass is 354 g/mol. The van der Waals surface area contributed by atoms with Gasteiger partial charge in [-0.15, -0.1) is 0 Å². The molecule has 0 aromatic carbocycles. The van der Waals surface area contributed by atoms with E-state index in [0.717, 1.165) is 30.2 Å². The van der Waals surface area contributed by atoms with Crippen molar-refractivity contribution in [2.45, 2.75) is 51.2 Å². The highest BCUT2D eigenvalue weighted by molar-refractivity contribution is 9.10. The van der Waals surface area contributed by atoms with E-state index in [9.17, 15) is 4.79 Å². The SMILES string of the molecule is CC1CN(C(=O)OC2CCCCC2)c2cc(Br)cnc2O1. The van der Waals surface area contributed by atoms with E-state index in [1.165, 1.54) is 6.42 Å². The minimum atomic E-state index is -0.293. The van der Waals surface area contributed by atoms with Crippen LogP contribution in [0.15, 0.2) is 16.7 Å². The molecule has 0 spiro atoms. The fourth-order valence-corrected chi connectivity index (χ4v) is 3.16. The molecule has 1 unspecified atom stereocenters. The van der Waals surface area contributed by atoms with Crippen LogP contribution in [0.25, 0.3) is 0 Å². The Balaban J connectivity index is 1.78. The van der Waals surface area contributed by atoms with Crippen LogP contribution in [0.2, 0.25) is 0 Å². The van der Waals surface area contributed by atoms with E-state index in [4.69, 9.17) is 9.47 Å². The molecule has 1 saturated carbocycles. The number of hydrogen-bond donors (Lipinski definition) is 0. The maximum Gasteiger partial charge on any atom is 0.414 e. The number of rotatable bonds is 1. The lowest BCUT2D eigenvalue weighted by Crippen LogP contribution is -2.44. The van der Waals surface area contributed by atoms with Gasteiger partial charge in [-0.2, -0.15) is 0 Å². The van der Waals surface area contributed by atoms with Gasteiger partial charge in [-0.1, -0.05) is 6.42 Å². The molecule has 1 aromatic rings. The van der Waals surface area contributed by atoms with Crippen LogP contribution < -0.4 is 9.64 Å². The molecule has 6 heteroatoms. The van der Waals surface area contributed by atoms with Crippen LogP contribution in [0, 0.1) is 0 Å². The zero-order valence-corrected chi connectivity index (χ0v) is 13.6. The number of carbonyl (C=O) groups excluding carboxylic acids is 1. The number of ether oxygens (including phenoxy) is 2. The van der Waals surface area contributed by atoms with Gasteiger partial charge in [0.15, 0.2) is 0 Å². The number of amides is 1. The Kier molecular flexibility index (Phi) is 4.33. The lowest BCUT2D eigenvalue weighted by atomic mass is 9.98. The number of anilines is 1.